The van der Waals surface area contributed by atoms with E-state index < -0.39 is 0 Å². The average molecular weight is 384 g/mol. The molecule has 1 saturated heterocycles. The second kappa shape index (κ2) is 7.43. The maximum Gasteiger partial charge on any atom is 0.147 e. The van der Waals surface area contributed by atoms with Gasteiger partial charge in [0.05, 0.1) is 29.0 Å². The van der Waals surface area contributed by atoms with Gasteiger partial charge in [-0.15, -0.1) is 0 Å². The smallest absolute Gasteiger partial charge is 0.147 e. The fraction of sp³-hybridized carbons (Fsp3) is 0.333. The number of aromatic nitrogens is 2. The standard InChI is InChI=1S/C21H22ClN3O2/c1-13-11-25(12-14(2)27-13)20(18-7-3-4-8-23-18)16-10-17(22)15-6-5-9-24-19(15)21(16)26/h3-10,13-14,20,26H,11-12H2,1-2H3/t13-,14+,20-/m0/s1. The van der Waals surface area contributed by atoms with Crippen molar-refractivity contribution in [2.24, 2.45) is 0 Å². The zero-order chi connectivity index (χ0) is 19.0. The molecule has 0 amide bonds. The second-order valence-electron chi connectivity index (χ2n) is 7.06. The molecule has 0 unspecified atom stereocenters. The molecule has 1 aliphatic heterocycles. The van der Waals surface area contributed by atoms with Gasteiger partial charge in [0.25, 0.3) is 0 Å². The minimum atomic E-state index is -0.232. The number of hydrogen-bond acceptors (Lipinski definition) is 5. The molecule has 0 spiro atoms. The van der Waals surface area contributed by atoms with Crippen LogP contribution in [0.25, 0.3) is 10.9 Å². The topological polar surface area (TPSA) is 58.5 Å². The van der Waals surface area contributed by atoms with Crippen molar-refractivity contribution < 1.29 is 9.84 Å². The van der Waals surface area contributed by atoms with Crippen LogP contribution in [-0.2, 0) is 4.74 Å². The van der Waals surface area contributed by atoms with Gasteiger partial charge in [0.2, 0.25) is 0 Å². The number of phenols is 1. The van der Waals surface area contributed by atoms with Crippen molar-refractivity contribution in [3.05, 3.63) is 65.1 Å². The van der Waals surface area contributed by atoms with Gasteiger partial charge in [-0.25, -0.2) is 0 Å². The highest BCUT2D eigenvalue weighted by Gasteiger charge is 2.33. The first kappa shape index (κ1) is 18.2. The van der Waals surface area contributed by atoms with Crippen LogP contribution >= 0.6 is 11.6 Å². The Balaban J connectivity index is 1.89. The molecular formula is C21H22ClN3O2. The molecule has 3 aromatic rings. The first-order valence-corrected chi connectivity index (χ1v) is 9.49. The Kier molecular flexibility index (Phi) is 5.00. The predicted molar refractivity (Wildman–Crippen MR) is 106 cm³/mol. The van der Waals surface area contributed by atoms with Crippen molar-refractivity contribution in [2.45, 2.75) is 32.1 Å². The van der Waals surface area contributed by atoms with Crippen LogP contribution in [0.4, 0.5) is 0 Å². The molecule has 2 aromatic heterocycles. The summed E-state index contributed by atoms with van der Waals surface area (Å²) >= 11 is 6.55. The minimum Gasteiger partial charge on any atom is -0.505 e. The van der Waals surface area contributed by atoms with E-state index in [4.69, 9.17) is 16.3 Å². The molecule has 3 heterocycles. The van der Waals surface area contributed by atoms with Crippen LogP contribution in [0.1, 0.15) is 31.1 Å². The lowest BCUT2D eigenvalue weighted by atomic mass is 9.96. The maximum absolute atomic E-state index is 11.1. The Bertz CT molecular complexity index is 941. The molecule has 0 radical (unpaired) electrons. The van der Waals surface area contributed by atoms with Gasteiger partial charge >= 0.3 is 0 Å². The number of ether oxygens (including phenoxy) is 1. The van der Waals surface area contributed by atoms with E-state index in [9.17, 15) is 5.11 Å². The molecule has 0 saturated carbocycles. The summed E-state index contributed by atoms with van der Waals surface area (Å²) in [5.74, 6) is 0.150. The lowest BCUT2D eigenvalue weighted by molar-refractivity contribution is -0.0770. The fourth-order valence-electron chi connectivity index (χ4n) is 3.92. The van der Waals surface area contributed by atoms with Crippen molar-refractivity contribution in [3.63, 3.8) is 0 Å². The number of aromatic hydroxyl groups is 1. The number of benzene rings is 1. The highest BCUT2D eigenvalue weighted by molar-refractivity contribution is 6.35. The fourth-order valence-corrected chi connectivity index (χ4v) is 4.19. The van der Waals surface area contributed by atoms with Crippen molar-refractivity contribution in [1.82, 2.24) is 14.9 Å². The average Bonchev–Trinajstić information content (AvgIpc) is 2.66. The van der Waals surface area contributed by atoms with Gasteiger partial charge in [0, 0.05) is 36.4 Å². The number of morpholine rings is 1. The van der Waals surface area contributed by atoms with E-state index in [1.54, 1.807) is 12.4 Å². The molecule has 0 aliphatic carbocycles. The quantitative estimate of drug-likeness (QED) is 0.735. The molecule has 27 heavy (non-hydrogen) atoms. The van der Waals surface area contributed by atoms with Gasteiger partial charge in [0.15, 0.2) is 0 Å². The van der Waals surface area contributed by atoms with Crippen LogP contribution < -0.4 is 0 Å². The summed E-state index contributed by atoms with van der Waals surface area (Å²) in [6, 6.07) is 11.1. The number of nitrogens with zero attached hydrogens (tertiary/aromatic N) is 3. The van der Waals surface area contributed by atoms with Crippen molar-refractivity contribution in [3.8, 4) is 5.75 Å². The molecule has 0 bridgehead atoms. The third-order valence-corrected chi connectivity index (χ3v) is 5.23. The summed E-state index contributed by atoms with van der Waals surface area (Å²) in [6.45, 7) is 5.60. The number of pyridine rings is 2. The zero-order valence-electron chi connectivity index (χ0n) is 15.3. The highest BCUT2D eigenvalue weighted by Crippen LogP contribution is 2.41. The highest BCUT2D eigenvalue weighted by atomic mass is 35.5. The maximum atomic E-state index is 11.1. The summed E-state index contributed by atoms with van der Waals surface area (Å²) < 4.78 is 5.90. The van der Waals surface area contributed by atoms with Crippen LogP contribution in [0, 0.1) is 0 Å². The lowest BCUT2D eigenvalue weighted by Crippen LogP contribution is -2.47. The van der Waals surface area contributed by atoms with Crippen molar-refractivity contribution >= 4 is 22.5 Å². The summed E-state index contributed by atoms with van der Waals surface area (Å²) in [4.78, 5) is 11.2. The molecule has 1 aliphatic rings. The van der Waals surface area contributed by atoms with E-state index in [0.717, 1.165) is 24.2 Å². The molecule has 4 rings (SSSR count). The van der Waals surface area contributed by atoms with Gasteiger partial charge in [-0.05, 0) is 44.2 Å². The van der Waals surface area contributed by atoms with Crippen LogP contribution in [0.2, 0.25) is 5.02 Å². The Morgan fingerprint density at radius 1 is 1.11 bits per heavy atom. The molecule has 1 N–H and O–H groups in total. The van der Waals surface area contributed by atoms with Crippen LogP contribution in [-0.4, -0.2) is 45.3 Å². The SMILES string of the molecule is C[C@@H]1CN([C@H](c2ccccn2)c2cc(Cl)c3cccnc3c2O)C[C@H](C)O1. The summed E-state index contributed by atoms with van der Waals surface area (Å²) in [5, 5.41) is 12.4. The van der Waals surface area contributed by atoms with Crippen LogP contribution in [0.5, 0.6) is 5.75 Å². The monoisotopic (exact) mass is 383 g/mol. The first-order chi connectivity index (χ1) is 13.0. The summed E-state index contributed by atoms with van der Waals surface area (Å²) in [7, 11) is 0. The number of phenolic OH excluding ortho intramolecular Hbond substituents is 1. The molecule has 5 nitrogen and oxygen atoms in total. The lowest BCUT2D eigenvalue weighted by Gasteiger charge is -2.40. The van der Waals surface area contributed by atoms with Crippen molar-refractivity contribution in [2.75, 3.05) is 13.1 Å². The molecule has 1 aromatic carbocycles. The molecule has 140 valence electrons. The first-order valence-electron chi connectivity index (χ1n) is 9.11. The Labute approximate surface area is 163 Å². The predicted octanol–water partition coefficient (Wildman–Crippen LogP) is 4.19. The van der Waals surface area contributed by atoms with E-state index in [1.165, 1.54) is 0 Å². The van der Waals surface area contributed by atoms with E-state index in [1.807, 2.05) is 36.4 Å². The molecule has 3 atom stereocenters. The van der Waals surface area contributed by atoms with Gasteiger partial charge in [-0.3, -0.25) is 14.9 Å². The second-order valence-corrected chi connectivity index (χ2v) is 7.47. The Hall–Kier alpha value is -2.21. The number of fused-ring (bicyclic) bond motifs is 1. The minimum absolute atomic E-state index is 0.0937. The van der Waals surface area contributed by atoms with Crippen LogP contribution in [0.15, 0.2) is 48.8 Å². The molecular weight excluding hydrogens is 362 g/mol. The molecule has 6 heteroatoms. The number of hydrogen-bond donors (Lipinski definition) is 1. The van der Waals surface area contributed by atoms with Gasteiger partial charge in [-0.2, -0.15) is 0 Å². The van der Waals surface area contributed by atoms with E-state index in [2.05, 4.69) is 28.7 Å². The number of rotatable bonds is 3. The summed E-state index contributed by atoms with van der Waals surface area (Å²) in [6.07, 6.45) is 3.62. The van der Waals surface area contributed by atoms with Crippen LogP contribution in [0.3, 0.4) is 0 Å². The van der Waals surface area contributed by atoms with E-state index >= 15 is 0 Å². The zero-order valence-corrected chi connectivity index (χ0v) is 16.1. The summed E-state index contributed by atoms with van der Waals surface area (Å²) in [5.41, 5.74) is 2.09. The van der Waals surface area contributed by atoms with E-state index in [-0.39, 0.29) is 24.0 Å². The van der Waals surface area contributed by atoms with Gasteiger partial charge in [-0.1, -0.05) is 17.7 Å². The normalized spacial score (nSPS) is 22.0. The number of halogens is 1. The largest absolute Gasteiger partial charge is 0.505 e. The Morgan fingerprint density at radius 3 is 2.56 bits per heavy atom. The van der Waals surface area contributed by atoms with E-state index in [0.29, 0.717) is 16.1 Å². The third-order valence-electron chi connectivity index (χ3n) is 4.92. The van der Waals surface area contributed by atoms with Gasteiger partial charge < -0.3 is 9.84 Å². The Morgan fingerprint density at radius 2 is 1.85 bits per heavy atom. The third kappa shape index (κ3) is 3.50. The van der Waals surface area contributed by atoms with Crippen molar-refractivity contribution in [1.29, 1.82) is 0 Å². The molecule has 1 fully saturated rings. The van der Waals surface area contributed by atoms with Gasteiger partial charge in [0.1, 0.15) is 11.3 Å².